The van der Waals surface area contributed by atoms with Crippen LogP contribution in [0.3, 0.4) is 0 Å². The van der Waals surface area contributed by atoms with Crippen molar-refractivity contribution >= 4 is 21.5 Å². The molecule has 7 nitrogen and oxygen atoms in total. The van der Waals surface area contributed by atoms with E-state index in [1.54, 1.807) is 19.2 Å². The van der Waals surface area contributed by atoms with Gasteiger partial charge in [0, 0.05) is 25.9 Å². The van der Waals surface area contributed by atoms with E-state index < -0.39 is 15.8 Å². The fourth-order valence-electron chi connectivity index (χ4n) is 2.30. The number of hydrogen-bond donors (Lipinski definition) is 0. The lowest BCUT2D eigenvalue weighted by Gasteiger charge is -2.28. The Balaban J connectivity index is 1.78. The van der Waals surface area contributed by atoms with Gasteiger partial charge in [0.1, 0.15) is 6.61 Å². The lowest BCUT2D eigenvalue weighted by molar-refractivity contribution is 0.0214. The Kier molecular flexibility index (Phi) is 7.01. The Morgan fingerprint density at radius 1 is 1.04 bits per heavy atom. The molecule has 0 spiro atoms. The fourth-order valence-corrected chi connectivity index (χ4v) is 3.50. The molecule has 1 aliphatic heterocycles. The van der Waals surface area contributed by atoms with Gasteiger partial charge in [-0.25, -0.2) is 13.2 Å². The van der Waals surface area contributed by atoms with Gasteiger partial charge in [-0.1, -0.05) is 0 Å². The van der Waals surface area contributed by atoms with Crippen LogP contribution in [0.4, 0.5) is 5.69 Å². The standard InChI is InChI=1S/C16H23NO6S/c1-21-8-9-22-10-11-23-16(18)14-2-4-15(5-3-14)17-6-12-24(19,20)13-7-17/h2-5H,6-13H2,1H3. The number of ether oxygens (including phenoxy) is 3. The molecule has 0 atom stereocenters. The van der Waals surface area contributed by atoms with Crippen LogP contribution in [0.1, 0.15) is 10.4 Å². The molecule has 1 aromatic rings. The van der Waals surface area contributed by atoms with Crippen LogP contribution in [0.2, 0.25) is 0 Å². The summed E-state index contributed by atoms with van der Waals surface area (Å²) in [6.07, 6.45) is 0. The van der Waals surface area contributed by atoms with Crippen LogP contribution in [0.15, 0.2) is 24.3 Å². The average molecular weight is 357 g/mol. The topological polar surface area (TPSA) is 82.1 Å². The third-order valence-electron chi connectivity index (χ3n) is 3.71. The minimum absolute atomic E-state index is 0.167. The fraction of sp³-hybridized carbons (Fsp3) is 0.562. The highest BCUT2D eigenvalue weighted by molar-refractivity contribution is 7.91. The first kappa shape index (κ1) is 18.7. The van der Waals surface area contributed by atoms with Crippen molar-refractivity contribution in [2.75, 3.05) is 63.0 Å². The molecule has 1 saturated heterocycles. The summed E-state index contributed by atoms with van der Waals surface area (Å²) in [5.74, 6) is -0.0715. The number of benzene rings is 1. The monoisotopic (exact) mass is 357 g/mol. The lowest BCUT2D eigenvalue weighted by Crippen LogP contribution is -2.40. The Morgan fingerprint density at radius 2 is 1.67 bits per heavy atom. The van der Waals surface area contributed by atoms with Crippen molar-refractivity contribution in [3.8, 4) is 0 Å². The quantitative estimate of drug-likeness (QED) is 0.501. The van der Waals surface area contributed by atoms with Gasteiger partial charge in [0.2, 0.25) is 0 Å². The van der Waals surface area contributed by atoms with E-state index in [0.717, 1.165) is 5.69 Å². The highest BCUT2D eigenvalue weighted by atomic mass is 32.2. The zero-order valence-corrected chi connectivity index (χ0v) is 14.6. The number of carbonyl (C=O) groups excluding carboxylic acids is 1. The number of anilines is 1. The van der Waals surface area contributed by atoms with Gasteiger partial charge in [0.15, 0.2) is 9.84 Å². The average Bonchev–Trinajstić information content (AvgIpc) is 2.58. The van der Waals surface area contributed by atoms with Crippen LogP contribution in [0, 0.1) is 0 Å². The molecule has 0 aromatic heterocycles. The molecule has 1 fully saturated rings. The lowest BCUT2D eigenvalue weighted by atomic mass is 10.2. The van der Waals surface area contributed by atoms with Crippen LogP contribution in [0.25, 0.3) is 0 Å². The normalized spacial score (nSPS) is 16.8. The molecule has 0 aliphatic carbocycles. The molecular formula is C16H23NO6S. The second-order valence-electron chi connectivity index (χ2n) is 5.43. The number of rotatable bonds is 8. The first-order chi connectivity index (χ1) is 11.5. The summed E-state index contributed by atoms with van der Waals surface area (Å²) in [5.41, 5.74) is 1.37. The summed E-state index contributed by atoms with van der Waals surface area (Å²) >= 11 is 0. The van der Waals surface area contributed by atoms with Crippen molar-refractivity contribution in [3.63, 3.8) is 0 Å². The van der Waals surface area contributed by atoms with E-state index in [-0.39, 0.29) is 18.1 Å². The second kappa shape index (κ2) is 9.00. The molecule has 2 rings (SSSR count). The van der Waals surface area contributed by atoms with Gasteiger partial charge < -0.3 is 19.1 Å². The molecule has 0 saturated carbocycles. The number of hydrogen-bond acceptors (Lipinski definition) is 7. The Morgan fingerprint density at radius 3 is 2.29 bits per heavy atom. The predicted molar refractivity (Wildman–Crippen MR) is 90.3 cm³/mol. The maximum absolute atomic E-state index is 11.9. The molecule has 8 heteroatoms. The van der Waals surface area contributed by atoms with E-state index in [9.17, 15) is 13.2 Å². The van der Waals surface area contributed by atoms with E-state index in [1.165, 1.54) is 0 Å². The molecule has 1 aliphatic rings. The zero-order chi connectivity index (χ0) is 17.4. The van der Waals surface area contributed by atoms with Crippen molar-refractivity contribution in [2.45, 2.75) is 0 Å². The van der Waals surface area contributed by atoms with Gasteiger partial charge in [-0.3, -0.25) is 0 Å². The van der Waals surface area contributed by atoms with Gasteiger partial charge in [-0.05, 0) is 24.3 Å². The molecule has 0 unspecified atom stereocenters. The summed E-state index contributed by atoms with van der Waals surface area (Å²) in [7, 11) is -1.31. The number of sulfone groups is 1. The van der Waals surface area contributed by atoms with Gasteiger partial charge in [-0.2, -0.15) is 0 Å². The van der Waals surface area contributed by atoms with E-state index in [0.29, 0.717) is 38.5 Å². The smallest absolute Gasteiger partial charge is 0.338 e. The van der Waals surface area contributed by atoms with E-state index in [2.05, 4.69) is 0 Å². The van der Waals surface area contributed by atoms with Gasteiger partial charge in [0.05, 0.1) is 36.9 Å². The third kappa shape index (κ3) is 5.77. The minimum Gasteiger partial charge on any atom is -0.460 e. The van der Waals surface area contributed by atoms with Crippen LogP contribution in [-0.4, -0.2) is 72.5 Å². The van der Waals surface area contributed by atoms with Gasteiger partial charge >= 0.3 is 5.97 Å². The molecule has 0 N–H and O–H groups in total. The van der Waals surface area contributed by atoms with Crippen molar-refractivity contribution in [1.82, 2.24) is 0 Å². The van der Waals surface area contributed by atoms with E-state index >= 15 is 0 Å². The highest BCUT2D eigenvalue weighted by Gasteiger charge is 2.21. The summed E-state index contributed by atoms with van der Waals surface area (Å²) in [6, 6.07) is 6.99. The van der Waals surface area contributed by atoms with Crippen LogP contribution < -0.4 is 4.90 Å². The molecule has 0 bridgehead atoms. The van der Waals surface area contributed by atoms with Gasteiger partial charge in [0.25, 0.3) is 0 Å². The van der Waals surface area contributed by atoms with Gasteiger partial charge in [-0.15, -0.1) is 0 Å². The van der Waals surface area contributed by atoms with E-state index in [1.807, 2.05) is 17.0 Å². The second-order valence-corrected chi connectivity index (χ2v) is 7.73. The third-order valence-corrected chi connectivity index (χ3v) is 5.31. The summed E-state index contributed by atoms with van der Waals surface area (Å²) in [6.45, 7) is 2.45. The molecule has 24 heavy (non-hydrogen) atoms. The van der Waals surface area contributed by atoms with Crippen LogP contribution in [0.5, 0.6) is 0 Å². The number of methoxy groups -OCH3 is 1. The maximum Gasteiger partial charge on any atom is 0.338 e. The molecule has 0 amide bonds. The SMILES string of the molecule is COCCOCCOC(=O)c1ccc(N2CCS(=O)(=O)CC2)cc1. The summed E-state index contributed by atoms with van der Waals surface area (Å²) in [4.78, 5) is 13.9. The first-order valence-electron chi connectivity index (χ1n) is 7.81. The molecule has 1 aromatic carbocycles. The maximum atomic E-state index is 11.9. The van der Waals surface area contributed by atoms with Crippen molar-refractivity contribution < 1.29 is 27.4 Å². The molecular weight excluding hydrogens is 334 g/mol. The number of nitrogens with zero attached hydrogens (tertiary/aromatic N) is 1. The summed E-state index contributed by atoms with van der Waals surface area (Å²) in [5, 5.41) is 0. The number of carbonyl (C=O) groups is 1. The predicted octanol–water partition coefficient (Wildman–Crippen LogP) is 0.741. The van der Waals surface area contributed by atoms with Crippen molar-refractivity contribution in [1.29, 1.82) is 0 Å². The molecule has 1 heterocycles. The van der Waals surface area contributed by atoms with E-state index in [4.69, 9.17) is 14.2 Å². The Labute approximate surface area is 142 Å². The summed E-state index contributed by atoms with van der Waals surface area (Å²) < 4.78 is 38.1. The van der Waals surface area contributed by atoms with Crippen LogP contribution in [-0.2, 0) is 24.0 Å². The van der Waals surface area contributed by atoms with Crippen molar-refractivity contribution in [3.05, 3.63) is 29.8 Å². The molecule has 134 valence electrons. The minimum atomic E-state index is -2.90. The Hall–Kier alpha value is -1.64. The highest BCUT2D eigenvalue weighted by Crippen LogP contribution is 2.18. The number of esters is 1. The largest absolute Gasteiger partial charge is 0.460 e. The van der Waals surface area contributed by atoms with Crippen molar-refractivity contribution in [2.24, 2.45) is 0 Å². The zero-order valence-electron chi connectivity index (χ0n) is 13.8. The van der Waals surface area contributed by atoms with Crippen LogP contribution >= 0.6 is 0 Å². The first-order valence-corrected chi connectivity index (χ1v) is 9.63. The Bertz CT molecular complexity index is 614. The molecule has 0 radical (unpaired) electrons.